The summed E-state index contributed by atoms with van der Waals surface area (Å²) < 4.78 is 0.665. The quantitative estimate of drug-likeness (QED) is 0.863. The maximum atomic E-state index is 11.8. The number of amides is 2. The number of hydrogen-bond donors (Lipinski definition) is 2. The molecule has 1 unspecified atom stereocenters. The summed E-state index contributed by atoms with van der Waals surface area (Å²) in [5.74, 6) is -0.469. The lowest BCUT2D eigenvalue weighted by molar-refractivity contribution is -0.117. The van der Waals surface area contributed by atoms with Gasteiger partial charge in [-0.2, -0.15) is 0 Å². The molecule has 0 saturated carbocycles. The maximum Gasteiger partial charge on any atom is 0.259 e. The van der Waals surface area contributed by atoms with Gasteiger partial charge < -0.3 is 5.73 Å². The number of carbonyl (C=O) groups is 2. The summed E-state index contributed by atoms with van der Waals surface area (Å²) in [6.07, 6.45) is 0. The number of thioether (sulfide) groups is 1. The number of halogens is 1. The molecule has 0 saturated heterocycles. The molecule has 0 aliphatic carbocycles. The molecular weight excluding hydrogens is 316 g/mol. The summed E-state index contributed by atoms with van der Waals surface area (Å²) in [7, 11) is 0. The third-order valence-electron chi connectivity index (χ3n) is 2.20. The van der Waals surface area contributed by atoms with Crippen LogP contribution in [0.4, 0.5) is 0 Å². The van der Waals surface area contributed by atoms with Gasteiger partial charge in [0.25, 0.3) is 5.91 Å². The Balaban J connectivity index is 2.50. The third-order valence-corrected chi connectivity index (χ3v) is 4.08. The van der Waals surface area contributed by atoms with Crippen LogP contribution in [0, 0.1) is 0 Å². The fourth-order valence-electron chi connectivity index (χ4n) is 1.16. The fourth-order valence-corrected chi connectivity index (χ4v) is 2.27. The first-order valence-electron chi connectivity index (χ1n) is 5.45. The molecule has 18 heavy (non-hydrogen) atoms. The van der Waals surface area contributed by atoms with Crippen molar-refractivity contribution in [2.24, 2.45) is 5.73 Å². The van der Waals surface area contributed by atoms with E-state index in [9.17, 15) is 9.59 Å². The van der Waals surface area contributed by atoms with Crippen LogP contribution in [0.5, 0.6) is 0 Å². The molecule has 2 amide bonds. The molecule has 1 aromatic carbocycles. The smallest absolute Gasteiger partial charge is 0.259 e. The van der Waals surface area contributed by atoms with Gasteiger partial charge in [-0.3, -0.25) is 14.9 Å². The maximum absolute atomic E-state index is 11.8. The van der Waals surface area contributed by atoms with Crippen LogP contribution in [-0.4, -0.2) is 29.4 Å². The summed E-state index contributed by atoms with van der Waals surface area (Å²) in [4.78, 5) is 23.3. The van der Waals surface area contributed by atoms with Crippen molar-refractivity contribution in [1.29, 1.82) is 0 Å². The van der Waals surface area contributed by atoms with Gasteiger partial charge in [0.15, 0.2) is 0 Å². The molecule has 6 heteroatoms. The lowest BCUT2D eigenvalue weighted by Crippen LogP contribution is -2.32. The lowest BCUT2D eigenvalue weighted by atomic mass is 10.2. The minimum Gasteiger partial charge on any atom is -0.329 e. The van der Waals surface area contributed by atoms with Crippen molar-refractivity contribution >= 4 is 39.5 Å². The van der Waals surface area contributed by atoms with Crippen molar-refractivity contribution in [2.45, 2.75) is 12.2 Å². The topological polar surface area (TPSA) is 72.2 Å². The number of nitrogens with two attached hydrogens (primary N) is 1. The van der Waals surface area contributed by atoms with E-state index in [1.165, 1.54) is 11.8 Å². The third kappa shape index (κ3) is 4.80. The van der Waals surface area contributed by atoms with E-state index in [2.05, 4.69) is 21.2 Å². The second kappa shape index (κ2) is 7.56. The van der Waals surface area contributed by atoms with E-state index >= 15 is 0 Å². The number of rotatable bonds is 5. The zero-order valence-corrected chi connectivity index (χ0v) is 12.4. The Morgan fingerprint density at radius 1 is 1.44 bits per heavy atom. The highest BCUT2D eigenvalue weighted by atomic mass is 79.9. The summed E-state index contributed by atoms with van der Waals surface area (Å²) in [6.45, 7) is 2.45. The molecule has 0 aliphatic rings. The van der Waals surface area contributed by atoms with E-state index in [0.717, 1.165) is 0 Å². The highest BCUT2D eigenvalue weighted by Crippen LogP contribution is 2.15. The van der Waals surface area contributed by atoms with Crippen LogP contribution in [0.3, 0.4) is 0 Å². The Morgan fingerprint density at radius 2 is 2.11 bits per heavy atom. The minimum atomic E-state index is -0.395. The molecule has 0 spiro atoms. The van der Waals surface area contributed by atoms with Crippen molar-refractivity contribution in [3.63, 3.8) is 0 Å². The van der Waals surface area contributed by atoms with Gasteiger partial charge in [0.2, 0.25) is 5.91 Å². The van der Waals surface area contributed by atoms with Crippen LogP contribution in [0.15, 0.2) is 28.7 Å². The monoisotopic (exact) mass is 330 g/mol. The van der Waals surface area contributed by atoms with Crippen LogP contribution < -0.4 is 11.1 Å². The van der Waals surface area contributed by atoms with E-state index in [1.54, 1.807) is 18.2 Å². The van der Waals surface area contributed by atoms with Crippen LogP contribution in [0.1, 0.15) is 17.3 Å². The second-order valence-electron chi connectivity index (χ2n) is 3.71. The van der Waals surface area contributed by atoms with Crippen molar-refractivity contribution < 1.29 is 9.59 Å². The molecule has 1 atom stereocenters. The molecule has 0 heterocycles. The highest BCUT2D eigenvalue weighted by Gasteiger charge is 2.13. The standard InChI is InChI=1S/C12H15BrN2O2S/c1-8(6-14)18-7-11(16)15-12(17)9-4-2-3-5-10(9)13/h2-5,8H,6-7,14H2,1H3,(H,15,16,17). The predicted octanol–water partition coefficient (Wildman–Crippen LogP) is 1.79. The van der Waals surface area contributed by atoms with Gasteiger partial charge in [0, 0.05) is 16.3 Å². The molecule has 1 rings (SSSR count). The molecule has 1 aromatic rings. The first-order chi connectivity index (χ1) is 8.54. The van der Waals surface area contributed by atoms with E-state index in [4.69, 9.17) is 5.73 Å². The van der Waals surface area contributed by atoms with E-state index < -0.39 is 5.91 Å². The average Bonchev–Trinajstić information content (AvgIpc) is 2.36. The molecule has 3 N–H and O–H groups in total. The predicted molar refractivity (Wildman–Crippen MR) is 77.6 cm³/mol. The summed E-state index contributed by atoms with van der Waals surface area (Å²) in [5, 5.41) is 2.55. The molecule has 0 aromatic heterocycles. The minimum absolute atomic E-state index is 0.203. The Labute approximate surface area is 119 Å². The normalized spacial score (nSPS) is 11.9. The van der Waals surface area contributed by atoms with Crippen molar-refractivity contribution in [2.75, 3.05) is 12.3 Å². The number of imide groups is 1. The first kappa shape index (κ1) is 15.2. The lowest BCUT2D eigenvalue weighted by Gasteiger charge is -2.08. The molecule has 0 radical (unpaired) electrons. The Bertz CT molecular complexity index is 440. The largest absolute Gasteiger partial charge is 0.329 e. The van der Waals surface area contributed by atoms with E-state index in [-0.39, 0.29) is 16.9 Å². The van der Waals surface area contributed by atoms with Crippen molar-refractivity contribution in [1.82, 2.24) is 5.32 Å². The molecular formula is C12H15BrN2O2S. The van der Waals surface area contributed by atoms with Crippen molar-refractivity contribution in [3.8, 4) is 0 Å². The Morgan fingerprint density at radius 3 is 2.72 bits per heavy atom. The fraction of sp³-hybridized carbons (Fsp3) is 0.333. The molecule has 0 fully saturated rings. The molecule has 0 bridgehead atoms. The van der Waals surface area contributed by atoms with E-state index in [1.807, 2.05) is 13.0 Å². The summed E-state index contributed by atoms with van der Waals surface area (Å²) >= 11 is 4.69. The van der Waals surface area contributed by atoms with Gasteiger partial charge in [-0.25, -0.2) is 0 Å². The van der Waals surface area contributed by atoms with Gasteiger partial charge in [0.1, 0.15) is 0 Å². The van der Waals surface area contributed by atoms with Crippen LogP contribution >= 0.6 is 27.7 Å². The first-order valence-corrected chi connectivity index (χ1v) is 7.29. The average molecular weight is 331 g/mol. The Kier molecular flexibility index (Phi) is 6.38. The zero-order chi connectivity index (χ0) is 13.5. The molecule has 0 aliphatic heterocycles. The summed E-state index contributed by atoms with van der Waals surface area (Å²) in [5.41, 5.74) is 5.89. The van der Waals surface area contributed by atoms with Crippen LogP contribution in [-0.2, 0) is 4.79 Å². The zero-order valence-electron chi connectivity index (χ0n) is 9.98. The van der Waals surface area contributed by atoms with Crippen LogP contribution in [0.2, 0.25) is 0 Å². The number of nitrogens with one attached hydrogen (secondary N) is 1. The van der Waals surface area contributed by atoms with Crippen LogP contribution in [0.25, 0.3) is 0 Å². The van der Waals surface area contributed by atoms with Gasteiger partial charge >= 0.3 is 0 Å². The highest BCUT2D eigenvalue weighted by molar-refractivity contribution is 9.10. The van der Waals surface area contributed by atoms with Gasteiger partial charge in [-0.15, -0.1) is 11.8 Å². The van der Waals surface area contributed by atoms with Gasteiger partial charge in [-0.05, 0) is 28.1 Å². The second-order valence-corrected chi connectivity index (χ2v) is 6.00. The Hall–Kier alpha value is -0.850. The number of carbonyl (C=O) groups excluding carboxylic acids is 2. The molecule has 98 valence electrons. The van der Waals surface area contributed by atoms with Crippen molar-refractivity contribution in [3.05, 3.63) is 34.3 Å². The number of hydrogen-bond acceptors (Lipinski definition) is 4. The molecule has 4 nitrogen and oxygen atoms in total. The summed E-state index contributed by atoms with van der Waals surface area (Å²) in [6, 6.07) is 6.96. The van der Waals surface area contributed by atoms with E-state index in [0.29, 0.717) is 16.6 Å². The van der Waals surface area contributed by atoms with Gasteiger partial charge in [-0.1, -0.05) is 19.1 Å². The number of benzene rings is 1. The SMILES string of the molecule is CC(CN)SCC(=O)NC(=O)c1ccccc1Br. The van der Waals surface area contributed by atoms with Gasteiger partial charge in [0.05, 0.1) is 11.3 Å².